The molecule has 0 bridgehead atoms. The fourth-order valence-electron chi connectivity index (χ4n) is 3.64. The molecule has 1 aliphatic heterocycles. The SMILES string of the molecule is NC(=O)CN(Cc1ccc2c(c1)CCC2)C1CCNCC1. The zero-order valence-electron chi connectivity index (χ0n) is 12.6. The molecule has 3 N–H and O–H groups in total. The molecule has 4 nitrogen and oxygen atoms in total. The third kappa shape index (κ3) is 3.63. The number of amides is 1. The Kier molecular flexibility index (Phi) is 4.56. The van der Waals surface area contributed by atoms with Crippen LogP contribution in [0, 0.1) is 0 Å². The van der Waals surface area contributed by atoms with Crippen LogP contribution in [0.4, 0.5) is 0 Å². The predicted octanol–water partition coefficient (Wildman–Crippen LogP) is 1.21. The van der Waals surface area contributed by atoms with Crippen molar-refractivity contribution in [3.8, 4) is 0 Å². The van der Waals surface area contributed by atoms with Crippen molar-refractivity contribution < 1.29 is 4.79 Å². The first-order chi connectivity index (χ1) is 10.2. The van der Waals surface area contributed by atoms with Gasteiger partial charge in [0.2, 0.25) is 5.91 Å². The second-order valence-corrected chi connectivity index (χ2v) is 6.31. The van der Waals surface area contributed by atoms with Crippen LogP contribution in [0.5, 0.6) is 0 Å². The third-order valence-electron chi connectivity index (χ3n) is 4.73. The molecule has 1 aromatic rings. The van der Waals surface area contributed by atoms with Crippen molar-refractivity contribution in [3.63, 3.8) is 0 Å². The Hall–Kier alpha value is -1.39. The molecule has 2 aliphatic rings. The predicted molar refractivity (Wildman–Crippen MR) is 84.0 cm³/mol. The summed E-state index contributed by atoms with van der Waals surface area (Å²) >= 11 is 0. The quantitative estimate of drug-likeness (QED) is 0.856. The molecule has 1 saturated heterocycles. The summed E-state index contributed by atoms with van der Waals surface area (Å²) in [5, 5.41) is 3.38. The minimum Gasteiger partial charge on any atom is -0.369 e. The van der Waals surface area contributed by atoms with Crippen molar-refractivity contribution in [3.05, 3.63) is 34.9 Å². The molecule has 1 aromatic carbocycles. The smallest absolute Gasteiger partial charge is 0.231 e. The zero-order valence-corrected chi connectivity index (χ0v) is 12.6. The average molecular weight is 287 g/mol. The van der Waals surface area contributed by atoms with E-state index in [1.54, 1.807) is 0 Å². The van der Waals surface area contributed by atoms with E-state index in [-0.39, 0.29) is 5.91 Å². The van der Waals surface area contributed by atoms with Crippen LogP contribution < -0.4 is 11.1 Å². The summed E-state index contributed by atoms with van der Waals surface area (Å²) in [6, 6.07) is 7.28. The standard InChI is InChI=1S/C17H25N3O/c18-17(21)12-20(16-6-8-19-9-7-16)11-13-4-5-14-2-1-3-15(14)10-13/h4-5,10,16,19H,1-3,6-9,11-12H2,(H2,18,21). The highest BCUT2D eigenvalue weighted by molar-refractivity contribution is 5.76. The lowest BCUT2D eigenvalue weighted by Gasteiger charge is -2.34. The highest BCUT2D eigenvalue weighted by Gasteiger charge is 2.23. The summed E-state index contributed by atoms with van der Waals surface area (Å²) in [5.74, 6) is -0.227. The number of primary amides is 1. The molecular weight excluding hydrogens is 262 g/mol. The van der Waals surface area contributed by atoms with Gasteiger partial charge in [-0.2, -0.15) is 0 Å². The number of fused-ring (bicyclic) bond motifs is 1. The third-order valence-corrected chi connectivity index (χ3v) is 4.73. The lowest BCUT2D eigenvalue weighted by Crippen LogP contribution is -2.46. The van der Waals surface area contributed by atoms with Gasteiger partial charge in [0.15, 0.2) is 0 Å². The molecule has 3 rings (SSSR count). The van der Waals surface area contributed by atoms with Gasteiger partial charge in [-0.15, -0.1) is 0 Å². The number of piperidine rings is 1. The van der Waals surface area contributed by atoms with Gasteiger partial charge in [-0.1, -0.05) is 18.2 Å². The van der Waals surface area contributed by atoms with Crippen molar-refractivity contribution in [2.75, 3.05) is 19.6 Å². The molecular formula is C17H25N3O. The summed E-state index contributed by atoms with van der Waals surface area (Å²) in [7, 11) is 0. The lowest BCUT2D eigenvalue weighted by atomic mass is 10.0. The molecule has 0 atom stereocenters. The van der Waals surface area contributed by atoms with Gasteiger partial charge < -0.3 is 11.1 Å². The Morgan fingerprint density at radius 3 is 2.76 bits per heavy atom. The van der Waals surface area contributed by atoms with Crippen LogP contribution in [0.1, 0.15) is 36.0 Å². The molecule has 1 fully saturated rings. The maximum absolute atomic E-state index is 11.4. The number of benzene rings is 1. The molecule has 1 aliphatic carbocycles. The van der Waals surface area contributed by atoms with E-state index in [0.29, 0.717) is 12.6 Å². The van der Waals surface area contributed by atoms with Gasteiger partial charge in [0.05, 0.1) is 6.54 Å². The van der Waals surface area contributed by atoms with Gasteiger partial charge in [0.1, 0.15) is 0 Å². The maximum Gasteiger partial charge on any atom is 0.231 e. The number of nitrogens with two attached hydrogens (primary N) is 1. The molecule has 0 saturated carbocycles. The van der Waals surface area contributed by atoms with Crippen molar-refractivity contribution in [2.24, 2.45) is 5.73 Å². The van der Waals surface area contributed by atoms with E-state index >= 15 is 0 Å². The maximum atomic E-state index is 11.4. The van der Waals surface area contributed by atoms with E-state index in [0.717, 1.165) is 32.5 Å². The number of carbonyl (C=O) groups is 1. The van der Waals surface area contributed by atoms with Gasteiger partial charge >= 0.3 is 0 Å². The second kappa shape index (κ2) is 6.58. The van der Waals surface area contributed by atoms with E-state index in [1.165, 1.54) is 36.0 Å². The van der Waals surface area contributed by atoms with E-state index in [4.69, 9.17) is 5.73 Å². The molecule has 0 unspecified atom stereocenters. The van der Waals surface area contributed by atoms with Gasteiger partial charge in [-0.05, 0) is 61.9 Å². The first-order valence-corrected chi connectivity index (χ1v) is 8.06. The second-order valence-electron chi connectivity index (χ2n) is 6.31. The number of hydrogen-bond acceptors (Lipinski definition) is 3. The molecule has 0 radical (unpaired) electrons. The van der Waals surface area contributed by atoms with Crippen molar-refractivity contribution >= 4 is 5.91 Å². The molecule has 114 valence electrons. The van der Waals surface area contributed by atoms with Crippen LogP contribution in [0.25, 0.3) is 0 Å². The van der Waals surface area contributed by atoms with Crippen LogP contribution in [0.3, 0.4) is 0 Å². The van der Waals surface area contributed by atoms with Crippen LogP contribution in [-0.2, 0) is 24.2 Å². The first-order valence-electron chi connectivity index (χ1n) is 8.06. The number of nitrogens with one attached hydrogen (secondary N) is 1. The van der Waals surface area contributed by atoms with Gasteiger partial charge in [0, 0.05) is 12.6 Å². The fourth-order valence-corrected chi connectivity index (χ4v) is 3.64. The van der Waals surface area contributed by atoms with Crippen molar-refractivity contribution in [1.82, 2.24) is 10.2 Å². The van der Waals surface area contributed by atoms with Crippen LogP contribution in [-0.4, -0.2) is 36.5 Å². The minimum atomic E-state index is -0.227. The van der Waals surface area contributed by atoms with Gasteiger partial charge in [-0.3, -0.25) is 9.69 Å². The van der Waals surface area contributed by atoms with Crippen molar-refractivity contribution in [1.29, 1.82) is 0 Å². The van der Waals surface area contributed by atoms with Gasteiger partial charge in [0.25, 0.3) is 0 Å². The summed E-state index contributed by atoms with van der Waals surface area (Å²) in [5.41, 5.74) is 9.76. The molecule has 0 spiro atoms. The molecule has 1 amide bonds. The van der Waals surface area contributed by atoms with E-state index in [9.17, 15) is 4.79 Å². The minimum absolute atomic E-state index is 0.227. The normalized spacial score (nSPS) is 18.9. The van der Waals surface area contributed by atoms with E-state index in [1.807, 2.05) is 0 Å². The summed E-state index contributed by atoms with van der Waals surface area (Å²) < 4.78 is 0. The molecule has 4 heteroatoms. The molecule has 1 heterocycles. The first kappa shape index (κ1) is 14.5. The van der Waals surface area contributed by atoms with E-state index in [2.05, 4.69) is 28.4 Å². The Morgan fingerprint density at radius 2 is 2.00 bits per heavy atom. The fraction of sp³-hybridized carbons (Fsp3) is 0.588. The summed E-state index contributed by atoms with van der Waals surface area (Å²) in [6.07, 6.45) is 5.88. The largest absolute Gasteiger partial charge is 0.369 e. The number of rotatable bonds is 5. The zero-order chi connectivity index (χ0) is 14.7. The summed E-state index contributed by atoms with van der Waals surface area (Å²) in [4.78, 5) is 13.7. The van der Waals surface area contributed by atoms with Crippen LogP contribution >= 0.6 is 0 Å². The highest BCUT2D eigenvalue weighted by atomic mass is 16.1. The number of nitrogens with zero attached hydrogens (tertiary/aromatic N) is 1. The van der Waals surface area contributed by atoms with Crippen molar-refractivity contribution in [2.45, 2.75) is 44.7 Å². The van der Waals surface area contributed by atoms with Crippen LogP contribution in [0.2, 0.25) is 0 Å². The Bertz CT molecular complexity index is 509. The topological polar surface area (TPSA) is 58.4 Å². The average Bonchev–Trinajstić information content (AvgIpc) is 2.94. The molecule has 21 heavy (non-hydrogen) atoms. The van der Waals surface area contributed by atoms with Gasteiger partial charge in [-0.25, -0.2) is 0 Å². The van der Waals surface area contributed by atoms with Crippen LogP contribution in [0.15, 0.2) is 18.2 Å². The Labute approximate surface area is 126 Å². The number of carbonyl (C=O) groups excluding carboxylic acids is 1. The number of aryl methyl sites for hydroxylation is 2. The lowest BCUT2D eigenvalue weighted by molar-refractivity contribution is -0.120. The molecule has 0 aromatic heterocycles. The number of hydrogen-bond donors (Lipinski definition) is 2. The van der Waals surface area contributed by atoms with E-state index < -0.39 is 0 Å². The Morgan fingerprint density at radius 1 is 1.24 bits per heavy atom. The highest BCUT2D eigenvalue weighted by Crippen LogP contribution is 2.24. The monoisotopic (exact) mass is 287 g/mol. The summed E-state index contributed by atoms with van der Waals surface area (Å²) in [6.45, 7) is 3.26. The Balaban J connectivity index is 1.72.